The fraction of sp³-hybridized carbons (Fsp3) is 0.765. The molecule has 1 N–H and O–H groups in total. The standard InChI is InChI=1S/C17H24O3/c1-16-8-3-9-17(2,15(19)20)14(16)7-4-11-10-12(18)5-6-13(11)16/h10,13-14H,3-9H2,1-2H3,(H,19,20)/t13-,14?,16+,17-/m1/s1. The molecule has 3 rings (SSSR count). The third-order valence-corrected chi connectivity index (χ3v) is 6.46. The highest BCUT2D eigenvalue weighted by Crippen LogP contribution is 2.62. The third-order valence-electron chi connectivity index (χ3n) is 6.46. The van der Waals surface area contributed by atoms with Gasteiger partial charge in [-0.2, -0.15) is 0 Å². The highest BCUT2D eigenvalue weighted by atomic mass is 16.4. The number of carboxylic acid groups (broad SMARTS) is 1. The molecule has 20 heavy (non-hydrogen) atoms. The van der Waals surface area contributed by atoms with Gasteiger partial charge >= 0.3 is 5.97 Å². The van der Waals surface area contributed by atoms with Crippen LogP contribution in [0, 0.1) is 22.7 Å². The van der Waals surface area contributed by atoms with Gasteiger partial charge in [0.1, 0.15) is 0 Å². The van der Waals surface area contributed by atoms with Crippen LogP contribution in [-0.2, 0) is 9.59 Å². The fourth-order valence-corrected chi connectivity index (χ4v) is 5.40. The van der Waals surface area contributed by atoms with Crippen molar-refractivity contribution in [2.75, 3.05) is 0 Å². The Morgan fingerprint density at radius 2 is 2.00 bits per heavy atom. The van der Waals surface area contributed by atoms with E-state index in [1.54, 1.807) is 0 Å². The zero-order valence-electron chi connectivity index (χ0n) is 12.4. The Balaban J connectivity index is 2.01. The van der Waals surface area contributed by atoms with Crippen LogP contribution < -0.4 is 0 Å². The summed E-state index contributed by atoms with van der Waals surface area (Å²) in [5, 5.41) is 9.72. The van der Waals surface area contributed by atoms with E-state index < -0.39 is 11.4 Å². The fourth-order valence-electron chi connectivity index (χ4n) is 5.40. The van der Waals surface area contributed by atoms with Crippen molar-refractivity contribution < 1.29 is 14.7 Å². The summed E-state index contributed by atoms with van der Waals surface area (Å²) in [5.74, 6) is 0.303. The van der Waals surface area contributed by atoms with Crippen LogP contribution in [0.25, 0.3) is 0 Å². The zero-order chi connectivity index (χ0) is 14.5. The van der Waals surface area contributed by atoms with E-state index >= 15 is 0 Å². The molecule has 0 heterocycles. The van der Waals surface area contributed by atoms with E-state index in [-0.39, 0.29) is 17.1 Å². The first-order valence-electron chi connectivity index (χ1n) is 7.84. The van der Waals surface area contributed by atoms with E-state index in [1.165, 1.54) is 5.57 Å². The smallest absolute Gasteiger partial charge is 0.309 e. The molecule has 3 aliphatic rings. The molecule has 0 aromatic heterocycles. The number of hydrogen-bond donors (Lipinski definition) is 1. The molecule has 0 aromatic rings. The molecule has 1 unspecified atom stereocenters. The Kier molecular flexibility index (Phi) is 3.07. The monoisotopic (exact) mass is 276 g/mol. The third kappa shape index (κ3) is 1.78. The second-order valence-electron chi connectivity index (χ2n) is 7.45. The molecule has 0 aliphatic heterocycles. The molecular formula is C17H24O3. The molecule has 0 bridgehead atoms. The van der Waals surface area contributed by atoms with Crippen LogP contribution in [0.2, 0.25) is 0 Å². The van der Waals surface area contributed by atoms with E-state index in [1.807, 2.05) is 13.0 Å². The molecule has 3 nitrogen and oxygen atoms in total. The van der Waals surface area contributed by atoms with E-state index in [9.17, 15) is 14.7 Å². The van der Waals surface area contributed by atoms with Crippen molar-refractivity contribution in [3.05, 3.63) is 11.6 Å². The van der Waals surface area contributed by atoms with Crippen molar-refractivity contribution in [3.63, 3.8) is 0 Å². The van der Waals surface area contributed by atoms with Gasteiger partial charge in [-0.25, -0.2) is 0 Å². The number of allylic oxidation sites excluding steroid dienone is 2. The minimum absolute atomic E-state index is 0.0656. The lowest BCUT2D eigenvalue weighted by Gasteiger charge is -2.58. The molecule has 110 valence electrons. The summed E-state index contributed by atoms with van der Waals surface area (Å²) in [7, 11) is 0. The van der Waals surface area contributed by atoms with E-state index in [2.05, 4.69) is 6.92 Å². The van der Waals surface area contributed by atoms with Gasteiger partial charge in [0.25, 0.3) is 0 Å². The molecule has 2 saturated carbocycles. The maximum Gasteiger partial charge on any atom is 0.309 e. The summed E-state index contributed by atoms with van der Waals surface area (Å²) in [5.41, 5.74) is 0.783. The molecule has 4 atom stereocenters. The Morgan fingerprint density at radius 3 is 2.70 bits per heavy atom. The van der Waals surface area contributed by atoms with Crippen LogP contribution >= 0.6 is 0 Å². The number of carboxylic acids is 1. The first-order chi connectivity index (χ1) is 9.38. The predicted molar refractivity (Wildman–Crippen MR) is 76.2 cm³/mol. The zero-order valence-corrected chi connectivity index (χ0v) is 12.4. The number of rotatable bonds is 1. The largest absolute Gasteiger partial charge is 0.481 e. The maximum atomic E-state index is 11.8. The van der Waals surface area contributed by atoms with Gasteiger partial charge in [0.05, 0.1) is 5.41 Å². The summed E-state index contributed by atoms with van der Waals surface area (Å²) in [6, 6.07) is 0. The van der Waals surface area contributed by atoms with E-state index in [4.69, 9.17) is 0 Å². The Morgan fingerprint density at radius 1 is 1.25 bits per heavy atom. The van der Waals surface area contributed by atoms with Crippen LogP contribution in [0.5, 0.6) is 0 Å². The quantitative estimate of drug-likeness (QED) is 0.796. The van der Waals surface area contributed by atoms with Gasteiger partial charge in [-0.15, -0.1) is 0 Å². The molecule has 3 heteroatoms. The molecule has 0 saturated heterocycles. The summed E-state index contributed by atoms with van der Waals surface area (Å²) in [6.45, 7) is 4.23. The SMILES string of the molecule is C[C@@]1(C(=O)O)CCC[C@]2(C)C1CCC1=CC(=O)CC[C@H]12. The number of carbonyl (C=O) groups is 2. The molecule has 0 amide bonds. The van der Waals surface area contributed by atoms with Crippen LogP contribution in [0.15, 0.2) is 11.6 Å². The first-order valence-corrected chi connectivity index (χ1v) is 7.84. The summed E-state index contributed by atoms with van der Waals surface area (Å²) >= 11 is 0. The van der Waals surface area contributed by atoms with Crippen molar-refractivity contribution >= 4 is 11.8 Å². The second kappa shape index (κ2) is 4.44. The van der Waals surface area contributed by atoms with Crippen molar-refractivity contribution in [2.45, 2.75) is 58.8 Å². The lowest BCUT2D eigenvalue weighted by Crippen LogP contribution is -2.53. The van der Waals surface area contributed by atoms with Gasteiger partial charge in [0.15, 0.2) is 5.78 Å². The summed E-state index contributed by atoms with van der Waals surface area (Å²) in [4.78, 5) is 23.5. The minimum atomic E-state index is -0.632. The lowest BCUT2D eigenvalue weighted by molar-refractivity contribution is -0.164. The first kappa shape index (κ1) is 13.8. The van der Waals surface area contributed by atoms with Gasteiger partial charge < -0.3 is 5.11 Å². The average molecular weight is 276 g/mol. The van der Waals surface area contributed by atoms with Crippen molar-refractivity contribution in [1.29, 1.82) is 0 Å². The highest BCUT2D eigenvalue weighted by molar-refractivity contribution is 5.91. The van der Waals surface area contributed by atoms with Crippen LogP contribution in [0.1, 0.15) is 58.8 Å². The molecule has 0 aromatic carbocycles. The molecule has 0 spiro atoms. The van der Waals surface area contributed by atoms with E-state index in [0.717, 1.165) is 38.5 Å². The molecular weight excluding hydrogens is 252 g/mol. The topological polar surface area (TPSA) is 54.4 Å². The highest BCUT2D eigenvalue weighted by Gasteiger charge is 2.57. The number of carbonyl (C=O) groups excluding carboxylic acids is 1. The van der Waals surface area contributed by atoms with Gasteiger partial charge in [-0.1, -0.05) is 18.9 Å². The summed E-state index contributed by atoms with van der Waals surface area (Å²) in [6.07, 6.45) is 8.17. The predicted octanol–water partition coefficient (Wildman–Crippen LogP) is 3.58. The lowest BCUT2D eigenvalue weighted by atomic mass is 9.46. The Bertz CT molecular complexity index is 492. The second-order valence-corrected chi connectivity index (χ2v) is 7.45. The van der Waals surface area contributed by atoms with Crippen LogP contribution in [0.4, 0.5) is 0 Å². The van der Waals surface area contributed by atoms with E-state index in [0.29, 0.717) is 12.3 Å². The molecule has 3 aliphatic carbocycles. The van der Waals surface area contributed by atoms with Gasteiger partial charge in [0.2, 0.25) is 0 Å². The van der Waals surface area contributed by atoms with Crippen molar-refractivity contribution in [1.82, 2.24) is 0 Å². The van der Waals surface area contributed by atoms with Gasteiger partial charge in [0, 0.05) is 6.42 Å². The molecule has 2 fully saturated rings. The number of ketones is 1. The Hall–Kier alpha value is -1.12. The van der Waals surface area contributed by atoms with Crippen LogP contribution in [-0.4, -0.2) is 16.9 Å². The maximum absolute atomic E-state index is 11.8. The van der Waals surface area contributed by atoms with Gasteiger partial charge in [-0.3, -0.25) is 9.59 Å². The number of hydrogen-bond acceptors (Lipinski definition) is 2. The van der Waals surface area contributed by atoms with Crippen LogP contribution in [0.3, 0.4) is 0 Å². The number of aliphatic carboxylic acids is 1. The van der Waals surface area contributed by atoms with Crippen molar-refractivity contribution in [2.24, 2.45) is 22.7 Å². The van der Waals surface area contributed by atoms with Gasteiger partial charge in [-0.05, 0) is 62.4 Å². The number of fused-ring (bicyclic) bond motifs is 3. The average Bonchev–Trinajstić information content (AvgIpc) is 2.37. The Labute approximate surface area is 120 Å². The summed E-state index contributed by atoms with van der Waals surface area (Å²) < 4.78 is 0. The minimum Gasteiger partial charge on any atom is -0.481 e. The van der Waals surface area contributed by atoms with Crippen molar-refractivity contribution in [3.8, 4) is 0 Å². The molecule has 0 radical (unpaired) electrons. The normalized spacial score (nSPS) is 44.3.